The lowest BCUT2D eigenvalue weighted by Crippen LogP contribution is -2.15. The summed E-state index contributed by atoms with van der Waals surface area (Å²) in [5, 5.41) is 2.62. The molecule has 18 heavy (non-hydrogen) atoms. The van der Waals surface area contributed by atoms with E-state index >= 15 is 0 Å². The molecule has 2 rings (SSSR count). The van der Waals surface area contributed by atoms with Crippen molar-refractivity contribution in [1.82, 2.24) is 4.98 Å². The van der Waals surface area contributed by atoms with Crippen molar-refractivity contribution in [2.45, 2.75) is 6.92 Å². The molecule has 1 aromatic heterocycles. The topological polar surface area (TPSA) is 68.0 Å². The van der Waals surface area contributed by atoms with Crippen molar-refractivity contribution in [2.24, 2.45) is 0 Å². The molecule has 92 valence electrons. The first-order chi connectivity index (χ1) is 8.58. The first-order valence-corrected chi connectivity index (χ1v) is 5.35. The molecule has 0 saturated heterocycles. The molecule has 1 heterocycles. The summed E-state index contributed by atoms with van der Waals surface area (Å²) in [6.45, 7) is 1.80. The Hall–Kier alpha value is -2.43. The van der Waals surface area contributed by atoms with Crippen LogP contribution in [0.2, 0.25) is 0 Å². The van der Waals surface area contributed by atoms with Crippen LogP contribution >= 0.6 is 0 Å². The number of rotatable bonds is 2. The second-order valence-electron chi connectivity index (χ2n) is 3.88. The molecule has 0 unspecified atom stereocenters. The van der Waals surface area contributed by atoms with E-state index in [0.29, 0.717) is 11.4 Å². The highest BCUT2D eigenvalue weighted by atomic mass is 19.1. The van der Waals surface area contributed by atoms with Crippen molar-refractivity contribution in [1.29, 1.82) is 0 Å². The predicted octanol–water partition coefficient (Wildman–Crippen LogP) is 2.36. The summed E-state index contributed by atoms with van der Waals surface area (Å²) in [6, 6.07) is 5.53. The lowest BCUT2D eigenvalue weighted by Gasteiger charge is -2.08. The van der Waals surface area contributed by atoms with Crippen LogP contribution in [0.1, 0.15) is 15.9 Å². The molecule has 0 fully saturated rings. The van der Waals surface area contributed by atoms with Crippen LogP contribution in [0.4, 0.5) is 15.8 Å². The van der Waals surface area contributed by atoms with E-state index in [1.54, 1.807) is 25.4 Å². The van der Waals surface area contributed by atoms with Crippen LogP contribution in [0, 0.1) is 12.7 Å². The molecule has 3 N–H and O–H groups in total. The van der Waals surface area contributed by atoms with Gasteiger partial charge in [0.2, 0.25) is 0 Å². The Bertz CT molecular complexity index is 599. The minimum Gasteiger partial charge on any atom is -0.399 e. The summed E-state index contributed by atoms with van der Waals surface area (Å²) in [6.07, 6.45) is 3.17. The molecule has 0 spiro atoms. The van der Waals surface area contributed by atoms with Gasteiger partial charge < -0.3 is 11.1 Å². The highest BCUT2D eigenvalue weighted by Crippen LogP contribution is 2.16. The smallest absolute Gasteiger partial charge is 0.258 e. The zero-order valence-electron chi connectivity index (χ0n) is 9.77. The Labute approximate surface area is 104 Å². The van der Waals surface area contributed by atoms with Crippen molar-refractivity contribution in [2.75, 3.05) is 11.1 Å². The number of nitrogens with two attached hydrogens (primary N) is 1. The van der Waals surface area contributed by atoms with Crippen molar-refractivity contribution in [3.05, 3.63) is 53.6 Å². The quantitative estimate of drug-likeness (QED) is 0.798. The molecule has 0 aliphatic rings. The lowest BCUT2D eigenvalue weighted by molar-refractivity contribution is 0.102. The van der Waals surface area contributed by atoms with E-state index < -0.39 is 11.7 Å². The van der Waals surface area contributed by atoms with Crippen LogP contribution in [-0.2, 0) is 0 Å². The van der Waals surface area contributed by atoms with Crippen molar-refractivity contribution >= 4 is 17.3 Å². The van der Waals surface area contributed by atoms with Gasteiger partial charge in [-0.2, -0.15) is 0 Å². The average molecular weight is 245 g/mol. The largest absolute Gasteiger partial charge is 0.399 e. The molecular formula is C13H12FN3O. The highest BCUT2D eigenvalue weighted by Gasteiger charge is 2.12. The molecule has 0 radical (unpaired) electrons. The third kappa shape index (κ3) is 2.45. The minimum absolute atomic E-state index is 0.0776. The minimum atomic E-state index is -0.603. The zero-order valence-corrected chi connectivity index (χ0v) is 9.77. The second-order valence-corrected chi connectivity index (χ2v) is 3.88. The van der Waals surface area contributed by atoms with Gasteiger partial charge in [-0.25, -0.2) is 4.39 Å². The standard InChI is InChI=1S/C13H12FN3O/c1-8-7-16-5-4-12(8)17-13(18)10-6-9(15)2-3-11(10)14/h2-7H,15H2,1H3,(H,16,17,18). The van der Waals surface area contributed by atoms with Crippen molar-refractivity contribution < 1.29 is 9.18 Å². The number of carbonyl (C=O) groups is 1. The zero-order chi connectivity index (χ0) is 13.1. The number of hydrogen-bond donors (Lipinski definition) is 2. The van der Waals surface area contributed by atoms with E-state index in [9.17, 15) is 9.18 Å². The first kappa shape index (κ1) is 12.0. The molecule has 0 aliphatic carbocycles. The van der Waals surface area contributed by atoms with E-state index in [2.05, 4.69) is 10.3 Å². The second kappa shape index (κ2) is 4.83. The normalized spacial score (nSPS) is 10.1. The highest BCUT2D eigenvalue weighted by molar-refractivity contribution is 6.05. The van der Waals surface area contributed by atoms with Crippen LogP contribution in [-0.4, -0.2) is 10.9 Å². The van der Waals surface area contributed by atoms with Crippen LogP contribution in [0.25, 0.3) is 0 Å². The van der Waals surface area contributed by atoms with Crippen molar-refractivity contribution in [3.8, 4) is 0 Å². The number of benzene rings is 1. The predicted molar refractivity (Wildman–Crippen MR) is 67.7 cm³/mol. The van der Waals surface area contributed by atoms with E-state index in [-0.39, 0.29) is 5.56 Å². The number of hydrogen-bond acceptors (Lipinski definition) is 3. The number of nitrogens with one attached hydrogen (secondary N) is 1. The number of carbonyl (C=O) groups excluding carboxylic acids is 1. The molecule has 0 saturated carbocycles. The van der Waals surface area contributed by atoms with Gasteiger partial charge in [-0.1, -0.05) is 0 Å². The van der Waals surface area contributed by atoms with Gasteiger partial charge >= 0.3 is 0 Å². The molecule has 0 aliphatic heterocycles. The Morgan fingerprint density at radius 1 is 1.39 bits per heavy atom. The van der Waals surface area contributed by atoms with Gasteiger partial charge in [-0.15, -0.1) is 0 Å². The van der Waals surface area contributed by atoms with Gasteiger partial charge in [-0.05, 0) is 36.8 Å². The van der Waals surface area contributed by atoms with Crippen molar-refractivity contribution in [3.63, 3.8) is 0 Å². The summed E-state index contributed by atoms with van der Waals surface area (Å²) < 4.78 is 13.5. The SMILES string of the molecule is Cc1cnccc1NC(=O)c1cc(N)ccc1F. The van der Waals surface area contributed by atoms with Gasteiger partial charge in [-0.3, -0.25) is 9.78 Å². The van der Waals surface area contributed by atoms with E-state index in [1.807, 2.05) is 0 Å². The number of nitrogens with zero attached hydrogens (tertiary/aromatic N) is 1. The van der Waals surface area contributed by atoms with Gasteiger partial charge in [0.25, 0.3) is 5.91 Å². The number of pyridine rings is 1. The monoisotopic (exact) mass is 245 g/mol. The van der Waals surface area contributed by atoms with Crippen LogP contribution < -0.4 is 11.1 Å². The molecule has 0 bridgehead atoms. The summed E-state index contributed by atoms with van der Waals surface area (Å²) in [5.74, 6) is -1.14. The maximum absolute atomic E-state index is 13.5. The summed E-state index contributed by atoms with van der Waals surface area (Å²) in [4.78, 5) is 15.8. The Kier molecular flexibility index (Phi) is 3.23. The van der Waals surface area contributed by atoms with Gasteiger partial charge in [0.05, 0.1) is 5.56 Å². The molecular weight excluding hydrogens is 233 g/mol. The molecule has 5 heteroatoms. The van der Waals surface area contributed by atoms with Crippen LogP contribution in [0.15, 0.2) is 36.7 Å². The van der Waals surface area contributed by atoms with Gasteiger partial charge in [0.15, 0.2) is 0 Å². The fraction of sp³-hybridized carbons (Fsp3) is 0.0769. The Balaban J connectivity index is 2.28. The number of aryl methyl sites for hydroxylation is 1. The molecule has 2 aromatic rings. The van der Waals surface area contributed by atoms with Gasteiger partial charge in [0.1, 0.15) is 5.82 Å². The number of anilines is 2. The number of amides is 1. The molecule has 1 amide bonds. The number of aromatic nitrogens is 1. The summed E-state index contributed by atoms with van der Waals surface area (Å²) in [7, 11) is 0. The molecule has 4 nitrogen and oxygen atoms in total. The molecule has 0 atom stereocenters. The third-order valence-electron chi connectivity index (χ3n) is 2.50. The fourth-order valence-corrected chi connectivity index (χ4v) is 1.52. The lowest BCUT2D eigenvalue weighted by atomic mass is 10.1. The van der Waals surface area contributed by atoms with Gasteiger partial charge in [0, 0.05) is 23.8 Å². The summed E-state index contributed by atoms with van der Waals surface area (Å²) in [5.41, 5.74) is 7.19. The van der Waals surface area contributed by atoms with Crippen LogP contribution in [0.5, 0.6) is 0 Å². The maximum Gasteiger partial charge on any atom is 0.258 e. The first-order valence-electron chi connectivity index (χ1n) is 5.35. The van der Waals surface area contributed by atoms with E-state index in [1.165, 1.54) is 18.2 Å². The molecule has 1 aromatic carbocycles. The third-order valence-corrected chi connectivity index (χ3v) is 2.50. The fourth-order valence-electron chi connectivity index (χ4n) is 1.52. The maximum atomic E-state index is 13.5. The average Bonchev–Trinajstić information content (AvgIpc) is 2.35. The van der Waals surface area contributed by atoms with Crippen LogP contribution in [0.3, 0.4) is 0 Å². The number of nitrogen functional groups attached to an aromatic ring is 1. The van der Waals surface area contributed by atoms with E-state index in [4.69, 9.17) is 5.73 Å². The van der Waals surface area contributed by atoms with E-state index in [0.717, 1.165) is 5.56 Å². The number of halogens is 1. The Morgan fingerprint density at radius 3 is 2.89 bits per heavy atom. The Morgan fingerprint density at radius 2 is 2.17 bits per heavy atom. The summed E-state index contributed by atoms with van der Waals surface area (Å²) >= 11 is 0.